The minimum absolute atomic E-state index is 0.00832. The summed E-state index contributed by atoms with van der Waals surface area (Å²) in [6.07, 6.45) is 3.28. The highest BCUT2D eigenvalue weighted by Crippen LogP contribution is 2.29. The standard InChI is InChI=1S/C15H12N4O2/c20-19(21)14-7-6-13(12-5-3-9-17-15(12)14)18-10-11-4-1-2-8-16-11/h1-9,18H,10H2. The van der Waals surface area contributed by atoms with Crippen molar-refractivity contribution in [3.05, 3.63) is 70.7 Å². The highest BCUT2D eigenvalue weighted by atomic mass is 16.6. The third-order valence-electron chi connectivity index (χ3n) is 3.13. The van der Waals surface area contributed by atoms with Gasteiger partial charge in [0.15, 0.2) is 0 Å². The van der Waals surface area contributed by atoms with Crippen LogP contribution in [0.4, 0.5) is 11.4 Å². The first-order chi connectivity index (χ1) is 10.3. The summed E-state index contributed by atoms with van der Waals surface area (Å²) in [7, 11) is 0. The van der Waals surface area contributed by atoms with Crippen LogP contribution >= 0.6 is 0 Å². The van der Waals surface area contributed by atoms with Crippen molar-refractivity contribution in [1.29, 1.82) is 0 Å². The predicted octanol–water partition coefficient (Wildman–Crippen LogP) is 3.15. The van der Waals surface area contributed by atoms with E-state index in [1.54, 1.807) is 24.5 Å². The molecule has 0 radical (unpaired) electrons. The Labute approximate surface area is 120 Å². The zero-order valence-electron chi connectivity index (χ0n) is 11.1. The van der Waals surface area contributed by atoms with Crippen molar-refractivity contribution in [2.45, 2.75) is 6.54 Å². The van der Waals surface area contributed by atoms with Crippen LogP contribution in [0.15, 0.2) is 54.9 Å². The van der Waals surface area contributed by atoms with E-state index in [4.69, 9.17) is 0 Å². The number of hydrogen-bond acceptors (Lipinski definition) is 5. The monoisotopic (exact) mass is 280 g/mol. The molecule has 1 N–H and O–H groups in total. The van der Waals surface area contributed by atoms with E-state index in [0.29, 0.717) is 12.1 Å². The molecule has 2 heterocycles. The second kappa shape index (κ2) is 5.54. The molecule has 0 amide bonds. The number of rotatable bonds is 4. The maximum Gasteiger partial charge on any atom is 0.295 e. The number of nitro benzene ring substituents is 1. The summed E-state index contributed by atoms with van der Waals surface area (Å²) in [4.78, 5) is 19.0. The number of fused-ring (bicyclic) bond motifs is 1. The molecule has 6 heteroatoms. The van der Waals surface area contributed by atoms with Crippen molar-refractivity contribution in [3.8, 4) is 0 Å². The summed E-state index contributed by atoms with van der Waals surface area (Å²) in [5, 5.41) is 15.0. The first kappa shape index (κ1) is 13.0. The molecule has 0 saturated heterocycles. The number of benzene rings is 1. The highest BCUT2D eigenvalue weighted by Gasteiger charge is 2.15. The van der Waals surface area contributed by atoms with E-state index in [1.807, 2.05) is 24.3 Å². The van der Waals surface area contributed by atoms with E-state index in [0.717, 1.165) is 16.8 Å². The maximum absolute atomic E-state index is 11.0. The van der Waals surface area contributed by atoms with Crippen LogP contribution in [0.3, 0.4) is 0 Å². The van der Waals surface area contributed by atoms with Crippen LogP contribution in [0.2, 0.25) is 0 Å². The van der Waals surface area contributed by atoms with Gasteiger partial charge in [-0.3, -0.25) is 15.1 Å². The highest BCUT2D eigenvalue weighted by molar-refractivity contribution is 5.96. The number of non-ortho nitro benzene ring substituents is 1. The topological polar surface area (TPSA) is 81.0 Å². The molecular weight excluding hydrogens is 268 g/mol. The number of hydrogen-bond donors (Lipinski definition) is 1. The van der Waals surface area contributed by atoms with Crippen LogP contribution in [0.1, 0.15) is 5.69 Å². The number of nitro groups is 1. The van der Waals surface area contributed by atoms with Crippen LogP contribution < -0.4 is 5.32 Å². The van der Waals surface area contributed by atoms with E-state index in [1.165, 1.54) is 6.07 Å². The Hall–Kier alpha value is -3.02. The molecule has 0 bridgehead atoms. The molecule has 6 nitrogen and oxygen atoms in total. The van der Waals surface area contributed by atoms with Gasteiger partial charge < -0.3 is 5.32 Å². The summed E-state index contributed by atoms with van der Waals surface area (Å²) < 4.78 is 0. The third kappa shape index (κ3) is 2.64. The fourth-order valence-electron chi connectivity index (χ4n) is 2.15. The molecular formula is C15H12N4O2. The zero-order chi connectivity index (χ0) is 14.7. The Bertz CT molecular complexity index is 790. The molecule has 0 fully saturated rings. The second-order valence-electron chi connectivity index (χ2n) is 4.46. The Balaban J connectivity index is 1.96. The van der Waals surface area contributed by atoms with Crippen LogP contribution in [0.5, 0.6) is 0 Å². The Morgan fingerprint density at radius 1 is 1.05 bits per heavy atom. The third-order valence-corrected chi connectivity index (χ3v) is 3.13. The molecule has 0 unspecified atom stereocenters. The quantitative estimate of drug-likeness (QED) is 0.586. The van der Waals surface area contributed by atoms with Crippen molar-refractivity contribution < 1.29 is 4.92 Å². The van der Waals surface area contributed by atoms with Gasteiger partial charge in [-0.1, -0.05) is 6.07 Å². The number of nitrogens with zero attached hydrogens (tertiary/aromatic N) is 3. The lowest BCUT2D eigenvalue weighted by Crippen LogP contribution is -2.02. The molecule has 2 aromatic heterocycles. The number of pyridine rings is 2. The number of anilines is 1. The summed E-state index contributed by atoms with van der Waals surface area (Å²) in [5.74, 6) is 0. The smallest absolute Gasteiger partial charge is 0.295 e. The zero-order valence-corrected chi connectivity index (χ0v) is 11.1. The van der Waals surface area contributed by atoms with Gasteiger partial charge in [-0.2, -0.15) is 0 Å². The van der Waals surface area contributed by atoms with Crippen LogP contribution in [-0.2, 0) is 6.54 Å². The van der Waals surface area contributed by atoms with Crippen molar-refractivity contribution in [2.24, 2.45) is 0 Å². The summed E-state index contributed by atoms with van der Waals surface area (Å²) >= 11 is 0. The van der Waals surface area contributed by atoms with Crippen molar-refractivity contribution in [1.82, 2.24) is 9.97 Å². The van der Waals surface area contributed by atoms with Gasteiger partial charge in [-0.15, -0.1) is 0 Å². The molecule has 0 aliphatic carbocycles. The SMILES string of the molecule is O=[N+]([O-])c1ccc(NCc2ccccn2)c2cccnc12. The lowest BCUT2D eigenvalue weighted by Gasteiger charge is -2.09. The van der Waals surface area contributed by atoms with Gasteiger partial charge in [0, 0.05) is 29.5 Å². The van der Waals surface area contributed by atoms with E-state index in [9.17, 15) is 10.1 Å². The van der Waals surface area contributed by atoms with E-state index in [-0.39, 0.29) is 5.69 Å². The molecule has 3 aromatic rings. The van der Waals surface area contributed by atoms with Gasteiger partial charge in [0.1, 0.15) is 5.52 Å². The normalized spacial score (nSPS) is 10.5. The molecule has 1 aromatic carbocycles. The van der Waals surface area contributed by atoms with Crippen LogP contribution in [0, 0.1) is 10.1 Å². The van der Waals surface area contributed by atoms with Gasteiger partial charge in [0.25, 0.3) is 5.69 Å². The Morgan fingerprint density at radius 2 is 1.90 bits per heavy atom. The number of nitrogens with one attached hydrogen (secondary N) is 1. The molecule has 0 aliphatic rings. The first-order valence-electron chi connectivity index (χ1n) is 6.41. The van der Waals surface area contributed by atoms with Gasteiger partial charge in [-0.25, -0.2) is 4.98 Å². The molecule has 0 aliphatic heterocycles. The molecule has 21 heavy (non-hydrogen) atoms. The minimum Gasteiger partial charge on any atom is -0.379 e. The van der Waals surface area contributed by atoms with Crippen molar-refractivity contribution >= 4 is 22.3 Å². The van der Waals surface area contributed by atoms with Gasteiger partial charge in [0.05, 0.1) is 17.2 Å². The van der Waals surface area contributed by atoms with Gasteiger partial charge >= 0.3 is 0 Å². The van der Waals surface area contributed by atoms with E-state index >= 15 is 0 Å². The van der Waals surface area contributed by atoms with E-state index < -0.39 is 4.92 Å². The Kier molecular flexibility index (Phi) is 3.42. The number of aromatic nitrogens is 2. The average Bonchev–Trinajstić information content (AvgIpc) is 2.53. The summed E-state index contributed by atoms with van der Waals surface area (Å²) in [6, 6.07) is 12.4. The molecule has 3 rings (SSSR count). The van der Waals surface area contributed by atoms with Crippen LogP contribution in [-0.4, -0.2) is 14.9 Å². The fourth-order valence-corrected chi connectivity index (χ4v) is 2.15. The van der Waals surface area contributed by atoms with Crippen molar-refractivity contribution in [2.75, 3.05) is 5.32 Å². The summed E-state index contributed by atoms with van der Waals surface area (Å²) in [5.41, 5.74) is 2.09. The van der Waals surface area contributed by atoms with Gasteiger partial charge in [0.2, 0.25) is 0 Å². The second-order valence-corrected chi connectivity index (χ2v) is 4.46. The van der Waals surface area contributed by atoms with E-state index in [2.05, 4.69) is 15.3 Å². The molecule has 0 atom stereocenters. The lowest BCUT2D eigenvalue weighted by atomic mass is 10.1. The maximum atomic E-state index is 11.0. The molecule has 104 valence electrons. The fraction of sp³-hybridized carbons (Fsp3) is 0.0667. The first-order valence-corrected chi connectivity index (χ1v) is 6.41. The molecule has 0 spiro atoms. The van der Waals surface area contributed by atoms with Crippen LogP contribution in [0.25, 0.3) is 10.9 Å². The molecule has 0 saturated carbocycles. The van der Waals surface area contributed by atoms with Gasteiger partial charge in [-0.05, 0) is 30.3 Å². The Morgan fingerprint density at radius 3 is 2.67 bits per heavy atom. The summed E-state index contributed by atoms with van der Waals surface area (Å²) in [6.45, 7) is 0.544. The predicted molar refractivity (Wildman–Crippen MR) is 80.0 cm³/mol. The largest absolute Gasteiger partial charge is 0.379 e. The van der Waals surface area contributed by atoms with Crippen molar-refractivity contribution in [3.63, 3.8) is 0 Å². The average molecular weight is 280 g/mol. The lowest BCUT2D eigenvalue weighted by molar-refractivity contribution is -0.383. The minimum atomic E-state index is -0.419.